The summed E-state index contributed by atoms with van der Waals surface area (Å²) in [6, 6.07) is 16.0. The van der Waals surface area contributed by atoms with E-state index in [4.69, 9.17) is 11.5 Å². The van der Waals surface area contributed by atoms with Gasteiger partial charge in [0.05, 0.1) is 5.69 Å². The number of aromatic nitrogens is 1. The molecule has 0 unspecified atom stereocenters. The number of carbonyl (C=O) groups excluding carboxylic acids is 3. The molecule has 1 heterocycles. The predicted octanol–water partition coefficient (Wildman–Crippen LogP) is 3.68. The van der Waals surface area contributed by atoms with Crippen LogP contribution < -0.4 is 16.8 Å². The largest absolute Gasteiger partial charge is 0.395 e. The van der Waals surface area contributed by atoms with Crippen LogP contribution in [0, 0.1) is 12.8 Å². The van der Waals surface area contributed by atoms with E-state index in [2.05, 4.69) is 23.5 Å². The molecule has 0 aliphatic carbocycles. The van der Waals surface area contributed by atoms with Gasteiger partial charge in [0.15, 0.2) is 5.69 Å². The number of nitrogens with zero attached hydrogens (tertiary/aromatic N) is 2. The number of aryl methyl sites for hydroxylation is 1. The molecule has 8 nitrogen and oxygen atoms in total. The van der Waals surface area contributed by atoms with Gasteiger partial charge in [-0.05, 0) is 41.9 Å². The number of nitrogens with one attached hydrogen (secondary N) is 1. The van der Waals surface area contributed by atoms with E-state index in [0.717, 1.165) is 29.1 Å². The number of anilines is 1. The van der Waals surface area contributed by atoms with E-state index in [1.54, 1.807) is 0 Å². The van der Waals surface area contributed by atoms with Crippen LogP contribution in [0.2, 0.25) is 0 Å². The molecule has 0 aliphatic heterocycles. The fourth-order valence-electron chi connectivity index (χ4n) is 3.62. The summed E-state index contributed by atoms with van der Waals surface area (Å²) in [5, 5.41) is 2.99. The van der Waals surface area contributed by atoms with Crippen LogP contribution in [0.5, 0.6) is 0 Å². The Morgan fingerprint density at radius 3 is 2.29 bits per heavy atom. The van der Waals surface area contributed by atoms with Crippen LogP contribution in [0.25, 0.3) is 0 Å². The number of nitrogens with two attached hydrogens (primary N) is 2. The molecule has 5 N–H and O–H groups in total. The molecule has 3 rings (SSSR count). The van der Waals surface area contributed by atoms with Crippen LogP contribution in [0.1, 0.15) is 63.2 Å². The Morgan fingerprint density at radius 2 is 1.71 bits per heavy atom. The van der Waals surface area contributed by atoms with Crippen LogP contribution >= 0.6 is 11.5 Å². The van der Waals surface area contributed by atoms with Crippen LogP contribution in [0.4, 0.5) is 5.69 Å². The maximum Gasteiger partial charge on any atom is 0.270 e. The van der Waals surface area contributed by atoms with Crippen molar-refractivity contribution in [2.75, 3.05) is 12.3 Å². The van der Waals surface area contributed by atoms with Gasteiger partial charge in [-0.2, -0.15) is 4.37 Å². The third kappa shape index (κ3) is 6.45. The van der Waals surface area contributed by atoms with E-state index in [1.165, 1.54) is 4.90 Å². The minimum Gasteiger partial charge on any atom is -0.395 e. The molecule has 35 heavy (non-hydrogen) atoms. The minimum absolute atomic E-state index is 0.0711. The van der Waals surface area contributed by atoms with E-state index in [1.807, 2.05) is 61.5 Å². The number of nitrogen functional groups attached to an aromatic ring is 1. The van der Waals surface area contributed by atoms with Gasteiger partial charge in [-0.1, -0.05) is 74.0 Å². The molecule has 184 valence electrons. The zero-order chi connectivity index (χ0) is 25.5. The van der Waals surface area contributed by atoms with Crippen LogP contribution in [-0.2, 0) is 11.3 Å². The van der Waals surface area contributed by atoms with E-state index in [0.29, 0.717) is 18.0 Å². The first-order valence-corrected chi connectivity index (χ1v) is 12.2. The summed E-state index contributed by atoms with van der Waals surface area (Å²) in [5.74, 6) is -1.19. The van der Waals surface area contributed by atoms with Gasteiger partial charge in [0.1, 0.15) is 10.9 Å². The topological polar surface area (TPSA) is 131 Å². The van der Waals surface area contributed by atoms with Gasteiger partial charge in [-0.15, -0.1) is 0 Å². The summed E-state index contributed by atoms with van der Waals surface area (Å²) in [4.78, 5) is 40.6. The molecule has 1 aromatic heterocycles. The first-order chi connectivity index (χ1) is 16.7. The molecule has 0 saturated carbocycles. The second kappa shape index (κ2) is 11.6. The van der Waals surface area contributed by atoms with Gasteiger partial charge in [0.2, 0.25) is 5.91 Å². The number of hydrogen-bond donors (Lipinski definition) is 3. The highest BCUT2D eigenvalue weighted by Gasteiger charge is 2.34. The number of amides is 3. The van der Waals surface area contributed by atoms with E-state index in [9.17, 15) is 14.4 Å². The molecule has 0 aliphatic rings. The van der Waals surface area contributed by atoms with Gasteiger partial charge < -0.3 is 21.7 Å². The highest BCUT2D eigenvalue weighted by molar-refractivity contribution is 7.09. The predicted molar refractivity (Wildman–Crippen MR) is 138 cm³/mol. The van der Waals surface area contributed by atoms with Crippen molar-refractivity contribution in [3.8, 4) is 0 Å². The highest BCUT2D eigenvalue weighted by atomic mass is 32.1. The molecule has 3 amide bonds. The molecular formula is C26H31N5O3S. The average Bonchev–Trinajstić information content (AvgIpc) is 3.21. The van der Waals surface area contributed by atoms with Crippen molar-refractivity contribution in [3.05, 3.63) is 81.9 Å². The molecule has 0 spiro atoms. The van der Waals surface area contributed by atoms with Gasteiger partial charge >= 0.3 is 0 Å². The van der Waals surface area contributed by atoms with Crippen molar-refractivity contribution in [1.82, 2.24) is 14.6 Å². The molecule has 9 heteroatoms. The molecule has 0 saturated heterocycles. The van der Waals surface area contributed by atoms with Gasteiger partial charge in [0.25, 0.3) is 11.8 Å². The summed E-state index contributed by atoms with van der Waals surface area (Å²) in [6.07, 6.45) is 0.808. The molecule has 2 aromatic carbocycles. The van der Waals surface area contributed by atoms with Crippen LogP contribution in [0.15, 0.2) is 54.6 Å². The summed E-state index contributed by atoms with van der Waals surface area (Å²) in [6.45, 7) is 6.76. The number of benzene rings is 2. The first-order valence-electron chi connectivity index (χ1n) is 11.4. The summed E-state index contributed by atoms with van der Waals surface area (Å²) < 4.78 is 3.98. The number of carbonyl (C=O) groups is 3. The van der Waals surface area contributed by atoms with Crippen molar-refractivity contribution in [3.63, 3.8) is 0 Å². The van der Waals surface area contributed by atoms with Crippen LogP contribution in [0.3, 0.4) is 0 Å². The van der Waals surface area contributed by atoms with Crippen molar-refractivity contribution < 1.29 is 14.4 Å². The maximum absolute atomic E-state index is 13.9. The number of hydrogen-bond acceptors (Lipinski definition) is 6. The lowest BCUT2D eigenvalue weighted by atomic mass is 10.0. The normalized spacial score (nSPS) is 11.8. The lowest BCUT2D eigenvalue weighted by molar-refractivity contribution is -0.126. The quantitative estimate of drug-likeness (QED) is 0.396. The zero-order valence-corrected chi connectivity index (χ0v) is 21.0. The molecule has 0 bridgehead atoms. The Labute approximate surface area is 209 Å². The smallest absolute Gasteiger partial charge is 0.270 e. The third-order valence-electron chi connectivity index (χ3n) is 5.59. The fraction of sp³-hybridized carbons (Fsp3) is 0.308. The Kier molecular flexibility index (Phi) is 8.59. The second-order valence-electron chi connectivity index (χ2n) is 8.84. The third-order valence-corrected chi connectivity index (χ3v) is 6.44. The standard InChI is InChI=1S/C26H31N5O3S/c1-16(2)13-14-29-25(33)22(19-11-9-17(3)10-12-19)31(15-18-7-5-4-6-8-18)26(34)23-20(27)21(24(28)32)30-35-23/h4-12,16,22H,13-15,27H2,1-3H3,(H2,28,32)(H,29,33)/t22-/m1/s1. The van der Waals surface area contributed by atoms with E-state index in [-0.39, 0.29) is 28.7 Å². The fourth-order valence-corrected chi connectivity index (χ4v) is 4.38. The zero-order valence-electron chi connectivity index (χ0n) is 20.2. The molecule has 3 aromatic rings. The van der Waals surface area contributed by atoms with Crippen molar-refractivity contribution in [1.29, 1.82) is 0 Å². The van der Waals surface area contributed by atoms with Crippen molar-refractivity contribution >= 4 is 34.9 Å². The first kappa shape index (κ1) is 25.9. The second-order valence-corrected chi connectivity index (χ2v) is 9.62. The Balaban J connectivity index is 2.07. The number of primary amides is 1. The Hall–Kier alpha value is -3.72. The molecule has 1 atom stereocenters. The monoisotopic (exact) mass is 493 g/mol. The molecular weight excluding hydrogens is 462 g/mol. The average molecular weight is 494 g/mol. The molecule has 0 fully saturated rings. The summed E-state index contributed by atoms with van der Waals surface area (Å²) in [7, 11) is 0. The van der Waals surface area contributed by atoms with Crippen molar-refractivity contribution in [2.45, 2.75) is 39.8 Å². The SMILES string of the molecule is Cc1ccc([C@H](C(=O)NCCC(C)C)N(Cc2ccccc2)C(=O)c2snc(C(N)=O)c2N)cc1. The van der Waals surface area contributed by atoms with Gasteiger partial charge in [-0.25, -0.2) is 0 Å². The van der Waals surface area contributed by atoms with E-state index >= 15 is 0 Å². The summed E-state index contributed by atoms with van der Waals surface area (Å²) in [5.41, 5.74) is 13.8. The summed E-state index contributed by atoms with van der Waals surface area (Å²) >= 11 is 0.801. The highest BCUT2D eigenvalue weighted by Crippen LogP contribution is 2.30. The Morgan fingerprint density at radius 1 is 1.06 bits per heavy atom. The maximum atomic E-state index is 13.9. The van der Waals surface area contributed by atoms with Crippen LogP contribution in [-0.4, -0.2) is 33.5 Å². The lowest BCUT2D eigenvalue weighted by Crippen LogP contribution is -2.43. The Bertz CT molecular complexity index is 1180. The number of rotatable bonds is 10. The van der Waals surface area contributed by atoms with Gasteiger partial charge in [-0.3, -0.25) is 14.4 Å². The van der Waals surface area contributed by atoms with E-state index < -0.39 is 17.9 Å². The van der Waals surface area contributed by atoms with Gasteiger partial charge in [0, 0.05) is 13.1 Å². The lowest BCUT2D eigenvalue weighted by Gasteiger charge is -2.31. The minimum atomic E-state index is -0.922. The van der Waals surface area contributed by atoms with Crippen molar-refractivity contribution in [2.24, 2.45) is 11.7 Å². The molecule has 0 radical (unpaired) electrons.